The summed E-state index contributed by atoms with van der Waals surface area (Å²) in [6, 6.07) is 24.1. The molecule has 0 aliphatic rings. The summed E-state index contributed by atoms with van der Waals surface area (Å²) in [5.74, 6) is 0.778. The van der Waals surface area contributed by atoms with Gasteiger partial charge in [0.1, 0.15) is 17.1 Å². The van der Waals surface area contributed by atoms with E-state index in [4.69, 9.17) is 9.15 Å². The van der Waals surface area contributed by atoms with Gasteiger partial charge in [0.25, 0.3) is 5.91 Å². The van der Waals surface area contributed by atoms with E-state index in [2.05, 4.69) is 5.32 Å². The van der Waals surface area contributed by atoms with Gasteiger partial charge in [-0.05, 0) is 37.1 Å². The molecule has 1 N–H and O–H groups in total. The lowest BCUT2D eigenvalue weighted by Gasteiger charge is -2.15. The molecule has 0 radical (unpaired) electrons. The molecule has 3 aromatic carbocycles. The second-order valence-electron chi connectivity index (χ2n) is 7.35. The van der Waals surface area contributed by atoms with Crippen LogP contribution in [0.4, 0.5) is 0 Å². The Balaban J connectivity index is 1.53. The van der Waals surface area contributed by atoms with E-state index < -0.39 is 6.10 Å². The Morgan fingerprint density at radius 1 is 1.00 bits per heavy atom. The van der Waals surface area contributed by atoms with Crippen LogP contribution in [0, 0.1) is 6.92 Å². The van der Waals surface area contributed by atoms with Crippen molar-refractivity contribution in [2.45, 2.75) is 26.5 Å². The van der Waals surface area contributed by atoms with Gasteiger partial charge in [-0.25, -0.2) is 0 Å². The maximum Gasteiger partial charge on any atom is 0.261 e. The maximum absolute atomic E-state index is 13.0. The molecular weight excluding hydrogens is 390 g/mol. The second-order valence-corrected chi connectivity index (χ2v) is 7.35. The number of amides is 1. The molecule has 5 heteroatoms. The molecule has 4 rings (SSSR count). The third kappa shape index (κ3) is 4.51. The first-order valence-electron chi connectivity index (χ1n) is 10.1. The zero-order chi connectivity index (χ0) is 21.8. The number of hydrogen-bond donors (Lipinski definition) is 1. The Labute approximate surface area is 180 Å². The number of hydrogen-bond acceptors (Lipinski definition) is 4. The number of aryl methyl sites for hydroxylation is 1. The molecule has 1 aromatic heterocycles. The van der Waals surface area contributed by atoms with Crippen molar-refractivity contribution in [1.29, 1.82) is 0 Å². The van der Waals surface area contributed by atoms with Gasteiger partial charge in [0.2, 0.25) is 5.43 Å². The lowest BCUT2D eigenvalue weighted by Crippen LogP contribution is -2.35. The van der Waals surface area contributed by atoms with Crippen LogP contribution in [-0.2, 0) is 11.3 Å². The molecule has 0 saturated carbocycles. The number of carbonyl (C=O) groups excluding carboxylic acids is 1. The molecule has 1 amide bonds. The van der Waals surface area contributed by atoms with Crippen molar-refractivity contribution in [3.63, 3.8) is 0 Å². The van der Waals surface area contributed by atoms with Gasteiger partial charge in [-0.15, -0.1) is 0 Å². The molecule has 31 heavy (non-hydrogen) atoms. The van der Waals surface area contributed by atoms with E-state index in [1.165, 1.54) is 0 Å². The summed E-state index contributed by atoms with van der Waals surface area (Å²) in [5.41, 5.74) is 2.72. The van der Waals surface area contributed by atoms with Crippen molar-refractivity contribution in [3.05, 3.63) is 100 Å². The molecule has 0 spiro atoms. The van der Waals surface area contributed by atoms with Crippen molar-refractivity contribution in [1.82, 2.24) is 5.32 Å². The standard InChI is InChI=1S/C26H23NO4/c1-17-24(20-11-7-4-8-12-20)25(28)22-14-13-21(15-23(22)31-17)30-18(2)26(29)27-16-19-9-5-3-6-10-19/h3-15,18H,16H2,1-2H3,(H,27,29)/t18-/m1/s1. The summed E-state index contributed by atoms with van der Waals surface area (Å²) in [4.78, 5) is 25.4. The second kappa shape index (κ2) is 8.88. The van der Waals surface area contributed by atoms with Crippen molar-refractivity contribution < 1.29 is 13.9 Å². The topological polar surface area (TPSA) is 68.5 Å². The molecule has 0 bridgehead atoms. The summed E-state index contributed by atoms with van der Waals surface area (Å²) in [6.45, 7) is 3.89. The summed E-state index contributed by atoms with van der Waals surface area (Å²) in [6.07, 6.45) is -0.697. The molecule has 1 heterocycles. The lowest BCUT2D eigenvalue weighted by molar-refractivity contribution is -0.127. The number of ether oxygens (including phenoxy) is 1. The predicted octanol–water partition coefficient (Wildman–Crippen LogP) is 4.85. The van der Waals surface area contributed by atoms with Crippen LogP contribution in [0.5, 0.6) is 5.75 Å². The van der Waals surface area contributed by atoms with Crippen molar-refractivity contribution in [2.24, 2.45) is 0 Å². The summed E-state index contributed by atoms with van der Waals surface area (Å²) < 4.78 is 11.7. The first-order chi connectivity index (χ1) is 15.0. The highest BCUT2D eigenvalue weighted by Gasteiger charge is 2.17. The highest BCUT2D eigenvalue weighted by atomic mass is 16.5. The number of benzene rings is 3. The van der Waals surface area contributed by atoms with Crippen LogP contribution < -0.4 is 15.5 Å². The lowest BCUT2D eigenvalue weighted by atomic mass is 10.0. The van der Waals surface area contributed by atoms with Crippen LogP contribution in [0.3, 0.4) is 0 Å². The fourth-order valence-corrected chi connectivity index (χ4v) is 3.48. The van der Waals surface area contributed by atoms with Gasteiger partial charge in [-0.2, -0.15) is 0 Å². The number of fused-ring (bicyclic) bond motifs is 1. The summed E-state index contributed by atoms with van der Waals surface area (Å²) >= 11 is 0. The molecular formula is C26H23NO4. The predicted molar refractivity (Wildman–Crippen MR) is 121 cm³/mol. The van der Waals surface area contributed by atoms with Gasteiger partial charge in [-0.1, -0.05) is 60.7 Å². The largest absolute Gasteiger partial charge is 0.481 e. The number of rotatable bonds is 6. The maximum atomic E-state index is 13.0. The zero-order valence-electron chi connectivity index (χ0n) is 17.4. The number of nitrogens with one attached hydrogen (secondary N) is 1. The van der Waals surface area contributed by atoms with Gasteiger partial charge < -0.3 is 14.5 Å². The molecule has 4 aromatic rings. The average molecular weight is 413 g/mol. The summed E-state index contributed by atoms with van der Waals surface area (Å²) in [5, 5.41) is 3.33. The SMILES string of the molecule is Cc1oc2cc(O[C@H](C)C(=O)NCc3ccccc3)ccc2c(=O)c1-c1ccccc1. The minimum absolute atomic E-state index is 0.0925. The van der Waals surface area contributed by atoms with Crippen LogP contribution in [0.1, 0.15) is 18.2 Å². The van der Waals surface area contributed by atoms with Crippen LogP contribution in [-0.4, -0.2) is 12.0 Å². The molecule has 0 unspecified atom stereocenters. The van der Waals surface area contributed by atoms with Gasteiger partial charge in [-0.3, -0.25) is 9.59 Å². The van der Waals surface area contributed by atoms with Gasteiger partial charge in [0, 0.05) is 12.6 Å². The Morgan fingerprint density at radius 2 is 1.68 bits per heavy atom. The minimum atomic E-state index is -0.697. The van der Waals surface area contributed by atoms with E-state index in [9.17, 15) is 9.59 Å². The minimum Gasteiger partial charge on any atom is -0.481 e. The molecule has 0 fully saturated rings. The Kier molecular flexibility index (Phi) is 5.85. The fourth-order valence-electron chi connectivity index (χ4n) is 3.48. The molecule has 0 saturated heterocycles. The van der Waals surface area contributed by atoms with E-state index in [0.29, 0.717) is 34.6 Å². The molecule has 5 nitrogen and oxygen atoms in total. The Hall–Kier alpha value is -3.86. The van der Waals surface area contributed by atoms with Crippen molar-refractivity contribution in [3.8, 4) is 16.9 Å². The van der Waals surface area contributed by atoms with Crippen LogP contribution in [0.15, 0.2) is 88.1 Å². The van der Waals surface area contributed by atoms with Gasteiger partial charge in [0.05, 0.1) is 10.9 Å². The van der Waals surface area contributed by atoms with E-state index in [-0.39, 0.29) is 11.3 Å². The molecule has 1 atom stereocenters. The Bertz CT molecular complexity index is 1260. The quantitative estimate of drug-likeness (QED) is 0.491. The smallest absolute Gasteiger partial charge is 0.261 e. The third-order valence-corrected chi connectivity index (χ3v) is 5.09. The highest BCUT2D eigenvalue weighted by molar-refractivity contribution is 5.84. The van der Waals surface area contributed by atoms with Crippen molar-refractivity contribution >= 4 is 16.9 Å². The molecule has 0 aliphatic carbocycles. The van der Waals surface area contributed by atoms with Crippen LogP contribution >= 0.6 is 0 Å². The Morgan fingerprint density at radius 3 is 2.39 bits per heavy atom. The highest BCUT2D eigenvalue weighted by Crippen LogP contribution is 2.26. The number of carbonyl (C=O) groups is 1. The zero-order valence-corrected chi connectivity index (χ0v) is 17.4. The first-order valence-corrected chi connectivity index (χ1v) is 10.1. The van der Waals surface area contributed by atoms with E-state index in [1.807, 2.05) is 60.7 Å². The van der Waals surface area contributed by atoms with E-state index in [1.54, 1.807) is 32.0 Å². The van der Waals surface area contributed by atoms with Crippen LogP contribution in [0.25, 0.3) is 22.1 Å². The van der Waals surface area contributed by atoms with Crippen LogP contribution in [0.2, 0.25) is 0 Å². The van der Waals surface area contributed by atoms with E-state index >= 15 is 0 Å². The molecule has 0 aliphatic heterocycles. The third-order valence-electron chi connectivity index (χ3n) is 5.09. The normalized spacial score (nSPS) is 11.8. The summed E-state index contributed by atoms with van der Waals surface area (Å²) in [7, 11) is 0. The van der Waals surface area contributed by atoms with E-state index in [0.717, 1.165) is 11.1 Å². The molecule has 156 valence electrons. The average Bonchev–Trinajstić information content (AvgIpc) is 2.78. The first kappa shape index (κ1) is 20.4. The van der Waals surface area contributed by atoms with Gasteiger partial charge in [0.15, 0.2) is 6.10 Å². The van der Waals surface area contributed by atoms with Crippen molar-refractivity contribution in [2.75, 3.05) is 0 Å². The van der Waals surface area contributed by atoms with Gasteiger partial charge >= 0.3 is 0 Å². The monoisotopic (exact) mass is 413 g/mol. The fraction of sp³-hybridized carbons (Fsp3) is 0.154.